The van der Waals surface area contributed by atoms with E-state index in [0.29, 0.717) is 29.9 Å². The lowest BCUT2D eigenvalue weighted by atomic mass is 10.0. The van der Waals surface area contributed by atoms with Crippen molar-refractivity contribution >= 4 is 21.4 Å². The van der Waals surface area contributed by atoms with Crippen LogP contribution in [0.5, 0.6) is 0 Å². The fourth-order valence-electron chi connectivity index (χ4n) is 3.08. The van der Waals surface area contributed by atoms with Crippen molar-refractivity contribution in [3.8, 4) is 0 Å². The highest BCUT2D eigenvalue weighted by molar-refractivity contribution is 7.91. The summed E-state index contributed by atoms with van der Waals surface area (Å²) in [6.07, 6.45) is 8.97. The maximum absolute atomic E-state index is 12.8. The van der Waals surface area contributed by atoms with E-state index in [1.54, 1.807) is 72.5 Å². The van der Waals surface area contributed by atoms with Crippen LogP contribution in [0.1, 0.15) is 28.0 Å². The Balaban J connectivity index is 1.47. The molecule has 0 bridgehead atoms. The van der Waals surface area contributed by atoms with E-state index in [1.807, 2.05) is 0 Å². The van der Waals surface area contributed by atoms with Gasteiger partial charge in [-0.25, -0.2) is 18.4 Å². The maximum atomic E-state index is 12.8. The van der Waals surface area contributed by atoms with Crippen molar-refractivity contribution in [3.05, 3.63) is 84.2 Å². The average molecular weight is 406 g/mol. The Morgan fingerprint density at radius 2 is 1.83 bits per heavy atom. The van der Waals surface area contributed by atoms with Gasteiger partial charge in [-0.05, 0) is 43.2 Å². The van der Waals surface area contributed by atoms with Crippen molar-refractivity contribution in [2.45, 2.75) is 29.6 Å². The number of benzene rings is 1. The van der Waals surface area contributed by atoms with Crippen LogP contribution in [0.3, 0.4) is 0 Å². The number of Topliss-reactive ketones (excluding diaryl/α,β-unsaturated/α-hetero) is 1. The van der Waals surface area contributed by atoms with Crippen molar-refractivity contribution in [1.82, 2.24) is 19.4 Å². The summed E-state index contributed by atoms with van der Waals surface area (Å²) >= 11 is 0. The standard InChI is InChI=1S/C21H18N4O3S/c1-15-20(3-2-10-22-15)29(27,28)18-7-4-16(5-8-18)6-9-19(26)17-13-24-21-23-11-12-25(21)14-17/h2-5,7-8,10-14H,6,9H2,1H3. The van der Waals surface area contributed by atoms with Crippen LogP contribution in [0.25, 0.3) is 5.78 Å². The Kier molecular flexibility index (Phi) is 4.94. The summed E-state index contributed by atoms with van der Waals surface area (Å²) < 4.78 is 27.3. The lowest BCUT2D eigenvalue weighted by Gasteiger charge is -2.08. The van der Waals surface area contributed by atoms with Crippen LogP contribution in [0.15, 0.2) is 77.2 Å². The number of sulfone groups is 1. The van der Waals surface area contributed by atoms with Crippen LogP contribution in [-0.4, -0.2) is 33.6 Å². The monoisotopic (exact) mass is 406 g/mol. The van der Waals surface area contributed by atoms with Gasteiger partial charge in [0.15, 0.2) is 5.78 Å². The average Bonchev–Trinajstić information content (AvgIpc) is 3.20. The number of aryl methyl sites for hydroxylation is 2. The number of carbonyl (C=O) groups is 1. The number of rotatable bonds is 6. The summed E-state index contributed by atoms with van der Waals surface area (Å²) in [4.78, 5) is 25.1. The highest BCUT2D eigenvalue weighted by Crippen LogP contribution is 2.23. The van der Waals surface area contributed by atoms with Crippen LogP contribution < -0.4 is 0 Å². The maximum Gasteiger partial charge on any atom is 0.233 e. The van der Waals surface area contributed by atoms with Gasteiger partial charge in [-0.2, -0.15) is 0 Å². The molecule has 7 nitrogen and oxygen atoms in total. The highest BCUT2D eigenvalue weighted by atomic mass is 32.2. The summed E-state index contributed by atoms with van der Waals surface area (Å²) in [7, 11) is -3.62. The first-order valence-electron chi connectivity index (χ1n) is 9.03. The van der Waals surface area contributed by atoms with Gasteiger partial charge in [-0.1, -0.05) is 12.1 Å². The van der Waals surface area contributed by atoms with E-state index in [1.165, 1.54) is 6.20 Å². The minimum Gasteiger partial charge on any atom is -0.294 e. The molecule has 29 heavy (non-hydrogen) atoms. The Morgan fingerprint density at radius 1 is 1.03 bits per heavy atom. The number of pyridine rings is 1. The zero-order valence-electron chi connectivity index (χ0n) is 15.7. The molecule has 3 heterocycles. The third kappa shape index (κ3) is 3.79. The molecular weight excluding hydrogens is 388 g/mol. The molecule has 8 heteroatoms. The molecule has 0 aliphatic rings. The van der Waals surface area contributed by atoms with Crippen molar-refractivity contribution < 1.29 is 13.2 Å². The molecule has 0 atom stereocenters. The van der Waals surface area contributed by atoms with E-state index in [9.17, 15) is 13.2 Å². The first-order chi connectivity index (χ1) is 13.9. The zero-order chi connectivity index (χ0) is 20.4. The van der Waals surface area contributed by atoms with Crippen LogP contribution in [0.4, 0.5) is 0 Å². The SMILES string of the molecule is Cc1ncccc1S(=O)(=O)c1ccc(CCC(=O)c2cnc3nccn3c2)cc1. The molecule has 0 aliphatic carbocycles. The lowest BCUT2D eigenvalue weighted by molar-refractivity contribution is 0.0982. The van der Waals surface area contributed by atoms with E-state index < -0.39 is 9.84 Å². The number of ketones is 1. The number of imidazole rings is 1. The molecule has 0 fully saturated rings. The smallest absolute Gasteiger partial charge is 0.233 e. The van der Waals surface area contributed by atoms with Crippen molar-refractivity contribution in [2.75, 3.05) is 0 Å². The molecule has 0 aliphatic heterocycles. The van der Waals surface area contributed by atoms with E-state index in [-0.39, 0.29) is 15.6 Å². The number of nitrogens with zero attached hydrogens (tertiary/aromatic N) is 4. The van der Waals surface area contributed by atoms with Gasteiger partial charge in [0, 0.05) is 37.4 Å². The molecule has 0 radical (unpaired) electrons. The number of carbonyl (C=O) groups excluding carboxylic acids is 1. The van der Waals surface area contributed by atoms with Gasteiger partial charge in [0.25, 0.3) is 0 Å². The highest BCUT2D eigenvalue weighted by Gasteiger charge is 2.20. The van der Waals surface area contributed by atoms with Crippen molar-refractivity contribution in [3.63, 3.8) is 0 Å². The molecular formula is C21H18N4O3S. The van der Waals surface area contributed by atoms with Gasteiger partial charge < -0.3 is 0 Å². The predicted octanol–water partition coefficient (Wildman–Crippen LogP) is 3.08. The van der Waals surface area contributed by atoms with Crippen LogP contribution >= 0.6 is 0 Å². The van der Waals surface area contributed by atoms with Crippen molar-refractivity contribution in [1.29, 1.82) is 0 Å². The summed E-state index contributed by atoms with van der Waals surface area (Å²) in [5, 5.41) is 0. The number of aromatic nitrogens is 4. The van der Waals surface area contributed by atoms with Crippen LogP contribution in [0, 0.1) is 6.92 Å². The summed E-state index contributed by atoms with van der Waals surface area (Å²) in [6.45, 7) is 1.67. The molecule has 0 N–H and O–H groups in total. The largest absolute Gasteiger partial charge is 0.294 e. The molecule has 146 valence electrons. The van der Waals surface area contributed by atoms with E-state index in [2.05, 4.69) is 15.0 Å². The summed E-state index contributed by atoms with van der Waals surface area (Å²) in [5.74, 6) is 0.512. The molecule has 0 spiro atoms. The van der Waals surface area contributed by atoms with E-state index in [4.69, 9.17) is 0 Å². The Labute approximate surface area is 168 Å². The van der Waals surface area contributed by atoms with Gasteiger partial charge in [0.2, 0.25) is 15.6 Å². The molecule has 4 rings (SSSR count). The quantitative estimate of drug-likeness (QED) is 0.457. The second kappa shape index (κ2) is 7.56. The fourth-order valence-corrected chi connectivity index (χ4v) is 4.53. The normalized spacial score (nSPS) is 11.6. The van der Waals surface area contributed by atoms with Crippen LogP contribution in [-0.2, 0) is 16.3 Å². The zero-order valence-corrected chi connectivity index (χ0v) is 16.5. The van der Waals surface area contributed by atoms with Gasteiger partial charge >= 0.3 is 0 Å². The fraction of sp³-hybridized carbons (Fsp3) is 0.143. The molecule has 0 saturated heterocycles. The first kappa shape index (κ1) is 18.9. The number of fused-ring (bicyclic) bond motifs is 1. The minimum atomic E-state index is -3.62. The van der Waals surface area contributed by atoms with Gasteiger partial charge in [0.05, 0.1) is 21.0 Å². The topological polar surface area (TPSA) is 94.3 Å². The van der Waals surface area contributed by atoms with Crippen molar-refractivity contribution in [2.24, 2.45) is 0 Å². The molecule has 1 aromatic carbocycles. The minimum absolute atomic E-state index is 0.0317. The van der Waals surface area contributed by atoms with E-state index in [0.717, 1.165) is 5.56 Å². The summed E-state index contributed by atoms with van der Waals surface area (Å²) in [6, 6.07) is 9.78. The second-order valence-corrected chi connectivity index (χ2v) is 8.55. The van der Waals surface area contributed by atoms with Gasteiger partial charge in [-0.3, -0.25) is 14.2 Å². The second-order valence-electron chi connectivity index (χ2n) is 6.63. The Bertz CT molecular complexity index is 1300. The Hall–Kier alpha value is -3.39. The van der Waals surface area contributed by atoms with Gasteiger partial charge in [-0.15, -0.1) is 0 Å². The molecule has 3 aromatic heterocycles. The number of hydrogen-bond acceptors (Lipinski definition) is 6. The third-order valence-corrected chi connectivity index (χ3v) is 6.59. The lowest BCUT2D eigenvalue weighted by Crippen LogP contribution is -2.06. The molecule has 0 unspecified atom stereocenters. The predicted molar refractivity (Wildman–Crippen MR) is 107 cm³/mol. The van der Waals surface area contributed by atoms with Crippen LogP contribution in [0.2, 0.25) is 0 Å². The Morgan fingerprint density at radius 3 is 2.59 bits per heavy atom. The van der Waals surface area contributed by atoms with Gasteiger partial charge in [0.1, 0.15) is 0 Å². The van der Waals surface area contributed by atoms with E-state index >= 15 is 0 Å². The third-order valence-electron chi connectivity index (χ3n) is 4.69. The molecule has 0 amide bonds. The number of hydrogen-bond donors (Lipinski definition) is 0. The first-order valence-corrected chi connectivity index (χ1v) is 10.5. The molecule has 4 aromatic rings. The summed E-state index contributed by atoms with van der Waals surface area (Å²) in [5.41, 5.74) is 1.87. The molecule has 0 saturated carbocycles.